The molecule has 0 bridgehead atoms. The van der Waals surface area contributed by atoms with Gasteiger partial charge in [0.1, 0.15) is 11.8 Å². The molecule has 7 heteroatoms. The van der Waals surface area contributed by atoms with Crippen molar-refractivity contribution in [2.24, 2.45) is 0 Å². The Balaban J connectivity index is 2.52. The predicted molar refractivity (Wildman–Crippen MR) is 55.0 cm³/mol. The molecular weight excluding hydrogens is 220 g/mol. The third-order valence-corrected chi connectivity index (χ3v) is 3.04. The third-order valence-electron chi connectivity index (χ3n) is 1.86. The average molecular weight is 234 g/mol. The first kappa shape index (κ1) is 12.2. The number of nitrogens with zero attached hydrogens (tertiary/aromatic N) is 1. The van der Waals surface area contributed by atoms with Crippen LogP contribution in [0.25, 0.3) is 0 Å². The number of hydrogen-bond acceptors (Lipinski definition) is 4. The largest absolute Gasteiger partial charge is 0.480 e. The highest BCUT2D eigenvalue weighted by molar-refractivity contribution is 7.77. The van der Waals surface area contributed by atoms with E-state index in [2.05, 4.69) is 11.9 Å². The molecule has 15 heavy (non-hydrogen) atoms. The predicted octanol–water partition coefficient (Wildman–Crippen LogP) is -0.526. The zero-order valence-electron chi connectivity index (χ0n) is 8.43. The molecular formula is C8H14N2O4S. The lowest BCUT2D eigenvalue weighted by Crippen LogP contribution is -2.54. The first-order valence-electron chi connectivity index (χ1n) is 4.47. The molecule has 2 atom stereocenters. The summed E-state index contributed by atoms with van der Waals surface area (Å²) in [6, 6.07) is -0.698. The van der Waals surface area contributed by atoms with E-state index in [-0.39, 0.29) is 6.54 Å². The number of carbonyl (C=O) groups is 1. The van der Waals surface area contributed by atoms with Crippen molar-refractivity contribution in [2.75, 3.05) is 19.6 Å². The lowest BCUT2D eigenvalue weighted by molar-refractivity contribution is -0.140. The Hall–Kier alpha value is -0.920. The third kappa shape index (κ3) is 3.61. The zero-order valence-corrected chi connectivity index (χ0v) is 9.25. The molecule has 0 spiro atoms. The Morgan fingerprint density at radius 3 is 2.93 bits per heavy atom. The van der Waals surface area contributed by atoms with Gasteiger partial charge in [-0.1, -0.05) is 6.58 Å². The normalized spacial score (nSPS) is 24.5. The number of nitrogens with one attached hydrogen (secondary N) is 1. The van der Waals surface area contributed by atoms with Crippen molar-refractivity contribution in [1.29, 1.82) is 0 Å². The molecule has 2 unspecified atom stereocenters. The highest BCUT2D eigenvalue weighted by atomic mass is 32.2. The van der Waals surface area contributed by atoms with Gasteiger partial charge in [-0.2, -0.15) is 8.51 Å². The van der Waals surface area contributed by atoms with Crippen molar-refractivity contribution < 1.29 is 18.3 Å². The van der Waals surface area contributed by atoms with Crippen molar-refractivity contribution in [3.8, 4) is 0 Å². The zero-order chi connectivity index (χ0) is 11.4. The van der Waals surface area contributed by atoms with Gasteiger partial charge in [0, 0.05) is 19.6 Å². The van der Waals surface area contributed by atoms with E-state index < -0.39 is 23.3 Å². The van der Waals surface area contributed by atoms with Gasteiger partial charge in [-0.15, -0.1) is 0 Å². The summed E-state index contributed by atoms with van der Waals surface area (Å²) in [6.07, 6.45) is 0. The number of piperazine rings is 1. The summed E-state index contributed by atoms with van der Waals surface area (Å²) < 4.78 is 17.9. The number of aliphatic carboxylic acids is 1. The van der Waals surface area contributed by atoms with Crippen LogP contribution >= 0.6 is 0 Å². The van der Waals surface area contributed by atoms with Crippen molar-refractivity contribution in [2.45, 2.75) is 13.0 Å². The summed E-state index contributed by atoms with van der Waals surface area (Å²) in [5.41, 5.74) is 0. The van der Waals surface area contributed by atoms with Crippen LogP contribution in [0, 0.1) is 0 Å². The Morgan fingerprint density at radius 1 is 1.73 bits per heavy atom. The fraction of sp³-hybridized carbons (Fsp3) is 0.625. The quantitative estimate of drug-likeness (QED) is 0.639. The molecule has 1 rings (SSSR count). The number of carboxylic acids is 1. The van der Waals surface area contributed by atoms with Crippen LogP contribution in [0.1, 0.15) is 6.92 Å². The second kappa shape index (κ2) is 5.24. The standard InChI is InChI=1S/C8H14N2O4S/c1-6(2)14-15(13)10-4-3-9-7(5-10)8(11)12/h7,9H,1,3-5H2,2H3,(H,11,12). The molecule has 0 saturated carbocycles. The van der Waals surface area contributed by atoms with Crippen LogP contribution in [0.5, 0.6) is 0 Å². The molecule has 0 amide bonds. The molecule has 0 aromatic carbocycles. The van der Waals surface area contributed by atoms with Gasteiger partial charge in [0.15, 0.2) is 0 Å². The minimum atomic E-state index is -1.64. The summed E-state index contributed by atoms with van der Waals surface area (Å²) in [7, 11) is 0. The highest BCUT2D eigenvalue weighted by Crippen LogP contribution is 2.07. The minimum Gasteiger partial charge on any atom is -0.480 e. The van der Waals surface area contributed by atoms with Crippen LogP contribution in [0.3, 0.4) is 0 Å². The first-order chi connectivity index (χ1) is 7.00. The van der Waals surface area contributed by atoms with Crippen molar-refractivity contribution in [3.05, 3.63) is 12.3 Å². The van der Waals surface area contributed by atoms with Gasteiger partial charge in [-0.3, -0.25) is 4.79 Å². The lowest BCUT2D eigenvalue weighted by atomic mass is 10.2. The SMILES string of the molecule is C=C(C)OS(=O)N1CCNC(C(=O)O)C1. The molecule has 2 N–H and O–H groups in total. The van der Waals surface area contributed by atoms with Crippen molar-refractivity contribution in [3.63, 3.8) is 0 Å². The number of rotatable bonds is 4. The summed E-state index contributed by atoms with van der Waals surface area (Å²) >= 11 is -1.64. The summed E-state index contributed by atoms with van der Waals surface area (Å²) in [6.45, 7) is 6.19. The highest BCUT2D eigenvalue weighted by Gasteiger charge is 2.28. The van der Waals surface area contributed by atoms with E-state index in [1.54, 1.807) is 6.92 Å². The molecule has 0 radical (unpaired) electrons. The van der Waals surface area contributed by atoms with Crippen LogP contribution in [0.15, 0.2) is 12.3 Å². The van der Waals surface area contributed by atoms with Gasteiger partial charge in [0.25, 0.3) is 11.3 Å². The maximum absolute atomic E-state index is 11.5. The molecule has 1 aliphatic rings. The fourth-order valence-corrected chi connectivity index (χ4v) is 2.06. The molecule has 0 aromatic rings. The summed E-state index contributed by atoms with van der Waals surface area (Å²) in [5.74, 6) is -0.606. The summed E-state index contributed by atoms with van der Waals surface area (Å²) in [4.78, 5) is 10.7. The molecule has 6 nitrogen and oxygen atoms in total. The van der Waals surface area contributed by atoms with E-state index in [1.807, 2.05) is 0 Å². The Kier molecular flexibility index (Phi) is 4.25. The number of allylic oxidation sites excluding steroid dienone is 1. The summed E-state index contributed by atoms with van der Waals surface area (Å²) in [5, 5.41) is 11.6. The second-order valence-electron chi connectivity index (χ2n) is 3.24. The second-order valence-corrected chi connectivity index (χ2v) is 4.35. The minimum absolute atomic E-state index is 0.162. The Bertz CT molecular complexity index is 294. The average Bonchev–Trinajstić information content (AvgIpc) is 2.17. The lowest BCUT2D eigenvalue weighted by Gasteiger charge is -2.29. The molecule has 1 heterocycles. The van der Waals surface area contributed by atoms with Gasteiger partial charge in [-0.05, 0) is 6.92 Å². The van der Waals surface area contributed by atoms with E-state index in [9.17, 15) is 9.00 Å². The van der Waals surface area contributed by atoms with Crippen molar-refractivity contribution in [1.82, 2.24) is 9.62 Å². The van der Waals surface area contributed by atoms with Crippen LogP contribution in [-0.4, -0.2) is 45.3 Å². The maximum Gasteiger partial charge on any atom is 0.322 e. The molecule has 1 aliphatic heterocycles. The topological polar surface area (TPSA) is 78.9 Å². The van der Waals surface area contributed by atoms with E-state index in [4.69, 9.17) is 9.29 Å². The van der Waals surface area contributed by atoms with Gasteiger partial charge in [0.05, 0.1) is 0 Å². The first-order valence-corrected chi connectivity index (χ1v) is 5.50. The Labute approximate surface area is 90.7 Å². The van der Waals surface area contributed by atoms with Crippen LogP contribution in [0.4, 0.5) is 0 Å². The number of hydrogen-bond donors (Lipinski definition) is 2. The maximum atomic E-state index is 11.5. The van der Waals surface area contributed by atoms with E-state index in [0.717, 1.165) is 0 Å². The van der Waals surface area contributed by atoms with Crippen molar-refractivity contribution >= 4 is 17.2 Å². The smallest absolute Gasteiger partial charge is 0.322 e. The van der Waals surface area contributed by atoms with E-state index >= 15 is 0 Å². The molecule has 1 saturated heterocycles. The van der Waals surface area contributed by atoms with Gasteiger partial charge in [0.2, 0.25) is 0 Å². The molecule has 0 aliphatic carbocycles. The van der Waals surface area contributed by atoms with Crippen LogP contribution < -0.4 is 5.32 Å². The van der Waals surface area contributed by atoms with E-state index in [1.165, 1.54) is 4.31 Å². The number of carboxylic acid groups (broad SMARTS) is 1. The van der Waals surface area contributed by atoms with Gasteiger partial charge < -0.3 is 14.6 Å². The molecule has 86 valence electrons. The van der Waals surface area contributed by atoms with E-state index in [0.29, 0.717) is 18.8 Å². The molecule has 1 fully saturated rings. The van der Waals surface area contributed by atoms with Gasteiger partial charge in [-0.25, -0.2) is 0 Å². The molecule has 0 aromatic heterocycles. The fourth-order valence-electron chi connectivity index (χ4n) is 1.20. The monoisotopic (exact) mass is 234 g/mol. The van der Waals surface area contributed by atoms with Crippen LogP contribution in [0.2, 0.25) is 0 Å². The van der Waals surface area contributed by atoms with Gasteiger partial charge >= 0.3 is 5.97 Å². The Morgan fingerprint density at radius 2 is 2.40 bits per heavy atom. The van der Waals surface area contributed by atoms with Crippen LogP contribution in [-0.2, 0) is 20.2 Å².